The molecule has 1 N–H and O–H groups in total. The standard InChI is InChI=1S/C20H28Cl2N2O3/c1-14-17(21)2-3-18(20(14)22)27-16-6-10-23(11-7-16)12-15-4-8-24(9-5-15)13-19(25)26/h2-3,15-16H,4-13H2,1H3,(H,25,26). The van der Waals surface area contributed by atoms with Crippen LogP contribution in [0.15, 0.2) is 12.1 Å². The number of aliphatic carboxylic acids is 1. The Morgan fingerprint density at radius 1 is 1.11 bits per heavy atom. The van der Waals surface area contributed by atoms with Crippen LogP contribution in [0, 0.1) is 12.8 Å². The van der Waals surface area contributed by atoms with Gasteiger partial charge in [0.25, 0.3) is 0 Å². The second-order valence-electron chi connectivity index (χ2n) is 7.72. The molecular weight excluding hydrogens is 387 g/mol. The van der Waals surface area contributed by atoms with E-state index >= 15 is 0 Å². The second-order valence-corrected chi connectivity index (χ2v) is 8.50. The maximum absolute atomic E-state index is 10.8. The van der Waals surface area contributed by atoms with Crippen LogP contribution < -0.4 is 4.74 Å². The van der Waals surface area contributed by atoms with Crippen molar-refractivity contribution in [2.24, 2.45) is 5.92 Å². The van der Waals surface area contributed by atoms with Crippen LogP contribution in [0.1, 0.15) is 31.2 Å². The van der Waals surface area contributed by atoms with Gasteiger partial charge in [-0.2, -0.15) is 0 Å². The maximum atomic E-state index is 10.8. The number of hydrogen-bond acceptors (Lipinski definition) is 4. The molecule has 0 atom stereocenters. The molecule has 0 aromatic heterocycles. The van der Waals surface area contributed by atoms with E-state index in [1.165, 1.54) is 0 Å². The topological polar surface area (TPSA) is 53.0 Å². The predicted octanol–water partition coefficient (Wildman–Crippen LogP) is 3.94. The highest BCUT2D eigenvalue weighted by atomic mass is 35.5. The molecule has 0 radical (unpaired) electrons. The van der Waals surface area contributed by atoms with Gasteiger partial charge in [0.2, 0.25) is 0 Å². The van der Waals surface area contributed by atoms with Crippen molar-refractivity contribution in [2.45, 2.75) is 38.7 Å². The minimum atomic E-state index is -0.730. The van der Waals surface area contributed by atoms with Crippen molar-refractivity contribution in [3.05, 3.63) is 27.7 Å². The Morgan fingerprint density at radius 2 is 1.74 bits per heavy atom. The molecule has 2 heterocycles. The molecule has 2 aliphatic heterocycles. The predicted molar refractivity (Wildman–Crippen MR) is 108 cm³/mol. The van der Waals surface area contributed by atoms with Gasteiger partial charge in [-0.15, -0.1) is 0 Å². The smallest absolute Gasteiger partial charge is 0.317 e. The summed E-state index contributed by atoms with van der Waals surface area (Å²) in [5, 5.41) is 10.2. The van der Waals surface area contributed by atoms with Crippen LogP contribution in [0.25, 0.3) is 0 Å². The van der Waals surface area contributed by atoms with Crippen molar-refractivity contribution in [3.8, 4) is 5.75 Å². The molecule has 0 bridgehead atoms. The van der Waals surface area contributed by atoms with Gasteiger partial charge in [-0.05, 0) is 69.3 Å². The summed E-state index contributed by atoms with van der Waals surface area (Å²) in [5.74, 6) is 0.662. The fourth-order valence-corrected chi connectivity index (χ4v) is 4.42. The van der Waals surface area contributed by atoms with Gasteiger partial charge in [-0.3, -0.25) is 9.69 Å². The van der Waals surface area contributed by atoms with Gasteiger partial charge in [-0.25, -0.2) is 0 Å². The largest absolute Gasteiger partial charge is 0.489 e. The Hall–Kier alpha value is -1.01. The molecule has 1 aromatic carbocycles. The minimum absolute atomic E-state index is 0.169. The first-order valence-corrected chi connectivity index (χ1v) is 10.5. The van der Waals surface area contributed by atoms with Crippen LogP contribution in [0.2, 0.25) is 10.0 Å². The van der Waals surface area contributed by atoms with E-state index in [0.717, 1.165) is 69.7 Å². The Balaban J connectivity index is 1.41. The van der Waals surface area contributed by atoms with Crippen LogP contribution in [0.3, 0.4) is 0 Å². The highest BCUT2D eigenvalue weighted by Crippen LogP contribution is 2.34. The molecule has 2 fully saturated rings. The van der Waals surface area contributed by atoms with E-state index in [1.807, 2.05) is 24.0 Å². The second kappa shape index (κ2) is 9.46. The highest BCUT2D eigenvalue weighted by Gasteiger charge is 2.26. The number of benzene rings is 1. The molecule has 0 spiro atoms. The van der Waals surface area contributed by atoms with Crippen molar-refractivity contribution in [2.75, 3.05) is 39.3 Å². The first kappa shape index (κ1) is 20.7. The lowest BCUT2D eigenvalue weighted by Gasteiger charge is -2.37. The zero-order valence-electron chi connectivity index (χ0n) is 15.8. The first-order chi connectivity index (χ1) is 12.9. The number of rotatable bonds is 6. The lowest BCUT2D eigenvalue weighted by atomic mass is 9.95. The summed E-state index contributed by atoms with van der Waals surface area (Å²) in [6.45, 7) is 7.03. The molecule has 0 unspecified atom stereocenters. The van der Waals surface area contributed by atoms with E-state index in [0.29, 0.717) is 16.0 Å². The zero-order chi connectivity index (χ0) is 19.4. The summed E-state index contributed by atoms with van der Waals surface area (Å²) in [6.07, 6.45) is 4.36. The van der Waals surface area contributed by atoms with Crippen molar-refractivity contribution in [3.63, 3.8) is 0 Å². The molecular formula is C20H28Cl2N2O3. The Kier molecular flexibility index (Phi) is 7.26. The first-order valence-electron chi connectivity index (χ1n) is 9.70. The average molecular weight is 415 g/mol. The number of nitrogens with zero attached hydrogens (tertiary/aromatic N) is 2. The number of halogens is 2. The van der Waals surface area contributed by atoms with E-state index < -0.39 is 5.97 Å². The van der Waals surface area contributed by atoms with Gasteiger partial charge in [0.05, 0.1) is 11.6 Å². The Morgan fingerprint density at radius 3 is 2.37 bits per heavy atom. The Labute approximate surface area is 171 Å². The van der Waals surface area contributed by atoms with Crippen molar-refractivity contribution < 1.29 is 14.6 Å². The number of carbonyl (C=O) groups is 1. The summed E-state index contributed by atoms with van der Waals surface area (Å²) < 4.78 is 6.13. The molecule has 2 saturated heterocycles. The van der Waals surface area contributed by atoms with Gasteiger partial charge in [0.15, 0.2) is 0 Å². The zero-order valence-corrected chi connectivity index (χ0v) is 17.3. The molecule has 0 amide bonds. The highest BCUT2D eigenvalue weighted by molar-refractivity contribution is 6.36. The number of piperidine rings is 2. The lowest BCUT2D eigenvalue weighted by Crippen LogP contribution is -2.44. The molecule has 0 saturated carbocycles. The molecule has 1 aromatic rings. The van der Waals surface area contributed by atoms with Gasteiger partial charge in [0, 0.05) is 24.7 Å². The van der Waals surface area contributed by atoms with Crippen molar-refractivity contribution in [1.82, 2.24) is 9.80 Å². The van der Waals surface area contributed by atoms with E-state index in [-0.39, 0.29) is 12.6 Å². The third kappa shape index (κ3) is 5.74. The number of likely N-dealkylation sites (tertiary alicyclic amines) is 2. The molecule has 5 nitrogen and oxygen atoms in total. The van der Waals surface area contributed by atoms with Crippen LogP contribution in [-0.2, 0) is 4.79 Å². The van der Waals surface area contributed by atoms with E-state index in [9.17, 15) is 4.79 Å². The normalized spacial score (nSPS) is 20.7. The monoisotopic (exact) mass is 414 g/mol. The molecule has 2 aliphatic rings. The third-order valence-electron chi connectivity index (χ3n) is 5.70. The number of ether oxygens (including phenoxy) is 1. The quantitative estimate of drug-likeness (QED) is 0.763. The maximum Gasteiger partial charge on any atom is 0.317 e. The molecule has 150 valence electrons. The fraction of sp³-hybridized carbons (Fsp3) is 0.650. The van der Waals surface area contributed by atoms with E-state index in [2.05, 4.69) is 4.90 Å². The van der Waals surface area contributed by atoms with Gasteiger partial charge in [0.1, 0.15) is 11.9 Å². The van der Waals surface area contributed by atoms with Gasteiger partial charge in [-0.1, -0.05) is 23.2 Å². The van der Waals surface area contributed by atoms with Crippen LogP contribution in [0.5, 0.6) is 5.75 Å². The summed E-state index contributed by atoms with van der Waals surface area (Å²) >= 11 is 12.5. The molecule has 7 heteroatoms. The SMILES string of the molecule is Cc1c(Cl)ccc(OC2CCN(CC3CCN(CC(=O)O)CC3)CC2)c1Cl. The number of hydrogen-bond donors (Lipinski definition) is 1. The summed E-state index contributed by atoms with van der Waals surface area (Å²) in [5.41, 5.74) is 0.863. The summed E-state index contributed by atoms with van der Waals surface area (Å²) in [6, 6.07) is 3.69. The fourth-order valence-electron chi connectivity index (χ4n) is 4.00. The summed E-state index contributed by atoms with van der Waals surface area (Å²) in [7, 11) is 0. The molecule has 27 heavy (non-hydrogen) atoms. The number of carboxylic acid groups (broad SMARTS) is 1. The number of carboxylic acids is 1. The minimum Gasteiger partial charge on any atom is -0.489 e. The van der Waals surface area contributed by atoms with Crippen LogP contribution >= 0.6 is 23.2 Å². The lowest BCUT2D eigenvalue weighted by molar-refractivity contribution is -0.138. The van der Waals surface area contributed by atoms with Gasteiger partial charge < -0.3 is 14.7 Å². The van der Waals surface area contributed by atoms with Gasteiger partial charge >= 0.3 is 5.97 Å². The summed E-state index contributed by atoms with van der Waals surface area (Å²) in [4.78, 5) is 15.4. The molecule has 0 aliphatic carbocycles. The molecule has 3 rings (SSSR count). The van der Waals surface area contributed by atoms with Crippen molar-refractivity contribution >= 4 is 29.2 Å². The third-order valence-corrected chi connectivity index (χ3v) is 6.57. The van der Waals surface area contributed by atoms with Crippen LogP contribution in [0.4, 0.5) is 0 Å². The van der Waals surface area contributed by atoms with E-state index in [1.54, 1.807) is 0 Å². The van der Waals surface area contributed by atoms with E-state index in [4.69, 9.17) is 33.0 Å². The van der Waals surface area contributed by atoms with Crippen LogP contribution in [-0.4, -0.2) is 66.2 Å². The Bertz CT molecular complexity index is 655. The average Bonchev–Trinajstić information content (AvgIpc) is 2.65. The van der Waals surface area contributed by atoms with Crippen molar-refractivity contribution in [1.29, 1.82) is 0 Å².